The van der Waals surface area contributed by atoms with Crippen molar-refractivity contribution in [3.63, 3.8) is 0 Å². The standard InChI is InChI=1S/C12H10Cl2F3NO2/c13-7-3-8(14)10(9(19)4-7)11(20)18-2-1-6(5-18)12(15,16)17/h3-4,6,19H,1-2,5H2. The molecule has 1 fully saturated rings. The van der Waals surface area contributed by atoms with Crippen LogP contribution in [0.1, 0.15) is 16.8 Å². The smallest absolute Gasteiger partial charge is 0.393 e. The predicted molar refractivity (Wildman–Crippen MR) is 68.2 cm³/mol. The first-order valence-corrected chi connectivity index (χ1v) is 6.49. The van der Waals surface area contributed by atoms with Crippen LogP contribution in [0.15, 0.2) is 12.1 Å². The fourth-order valence-corrected chi connectivity index (χ4v) is 2.71. The van der Waals surface area contributed by atoms with Gasteiger partial charge in [-0.1, -0.05) is 23.2 Å². The Morgan fingerprint density at radius 2 is 2.00 bits per heavy atom. The van der Waals surface area contributed by atoms with Crippen molar-refractivity contribution in [1.29, 1.82) is 0 Å². The molecule has 1 unspecified atom stereocenters. The summed E-state index contributed by atoms with van der Waals surface area (Å²) in [6, 6.07) is 2.38. The van der Waals surface area contributed by atoms with E-state index in [0.29, 0.717) is 0 Å². The number of likely N-dealkylation sites (tertiary alicyclic amines) is 1. The Kier molecular flexibility index (Phi) is 4.07. The Morgan fingerprint density at radius 3 is 2.50 bits per heavy atom. The van der Waals surface area contributed by atoms with E-state index in [0.717, 1.165) is 11.0 Å². The van der Waals surface area contributed by atoms with Gasteiger partial charge in [-0.25, -0.2) is 0 Å². The quantitative estimate of drug-likeness (QED) is 0.853. The van der Waals surface area contributed by atoms with Crippen molar-refractivity contribution in [3.05, 3.63) is 27.7 Å². The Bertz CT molecular complexity index is 525. The second-order valence-corrected chi connectivity index (χ2v) is 5.40. The van der Waals surface area contributed by atoms with Gasteiger partial charge in [-0.05, 0) is 18.6 Å². The summed E-state index contributed by atoms with van der Waals surface area (Å²) < 4.78 is 37.7. The number of carbonyl (C=O) groups is 1. The summed E-state index contributed by atoms with van der Waals surface area (Å²) in [5.41, 5.74) is -0.223. The molecule has 1 saturated heterocycles. The molecule has 1 aromatic carbocycles. The average Bonchev–Trinajstić information content (AvgIpc) is 2.75. The Labute approximate surface area is 122 Å². The summed E-state index contributed by atoms with van der Waals surface area (Å²) in [7, 11) is 0. The molecule has 1 aromatic rings. The lowest BCUT2D eigenvalue weighted by molar-refractivity contribution is -0.169. The highest BCUT2D eigenvalue weighted by atomic mass is 35.5. The van der Waals surface area contributed by atoms with Gasteiger partial charge in [0.25, 0.3) is 5.91 Å². The molecule has 1 heterocycles. The molecule has 1 aliphatic rings. The van der Waals surface area contributed by atoms with E-state index < -0.39 is 30.3 Å². The molecule has 8 heteroatoms. The summed E-state index contributed by atoms with van der Waals surface area (Å²) in [5.74, 6) is -2.71. The second kappa shape index (κ2) is 5.33. The zero-order chi connectivity index (χ0) is 15.1. The van der Waals surface area contributed by atoms with E-state index in [1.807, 2.05) is 0 Å². The van der Waals surface area contributed by atoms with E-state index in [9.17, 15) is 23.1 Å². The van der Waals surface area contributed by atoms with Gasteiger partial charge in [0.1, 0.15) is 5.75 Å². The van der Waals surface area contributed by atoms with E-state index in [1.54, 1.807) is 0 Å². The topological polar surface area (TPSA) is 40.5 Å². The van der Waals surface area contributed by atoms with E-state index in [1.165, 1.54) is 6.07 Å². The lowest BCUT2D eigenvalue weighted by Crippen LogP contribution is -2.32. The first kappa shape index (κ1) is 15.3. The minimum atomic E-state index is -4.33. The SMILES string of the molecule is O=C(c1c(O)cc(Cl)cc1Cl)N1CCC(C(F)(F)F)C1. The largest absolute Gasteiger partial charge is 0.507 e. The Balaban J connectivity index is 2.22. The number of benzene rings is 1. The molecule has 110 valence electrons. The molecule has 2 rings (SSSR count). The molecule has 0 aliphatic carbocycles. The normalized spacial score (nSPS) is 19.4. The van der Waals surface area contributed by atoms with Crippen LogP contribution < -0.4 is 0 Å². The zero-order valence-corrected chi connectivity index (χ0v) is 11.6. The molecule has 0 radical (unpaired) electrons. The highest BCUT2D eigenvalue weighted by Gasteiger charge is 2.45. The van der Waals surface area contributed by atoms with Crippen LogP contribution in [0.4, 0.5) is 13.2 Å². The molecule has 0 bridgehead atoms. The van der Waals surface area contributed by atoms with Gasteiger partial charge in [0.15, 0.2) is 0 Å². The van der Waals surface area contributed by atoms with Crippen LogP contribution in [-0.4, -0.2) is 35.2 Å². The first-order chi connectivity index (χ1) is 9.20. The lowest BCUT2D eigenvalue weighted by Gasteiger charge is -2.19. The Hall–Kier alpha value is -1.14. The molecule has 1 atom stereocenters. The molecule has 3 nitrogen and oxygen atoms in total. The highest BCUT2D eigenvalue weighted by molar-refractivity contribution is 6.37. The third-order valence-electron chi connectivity index (χ3n) is 3.19. The van der Waals surface area contributed by atoms with Gasteiger partial charge < -0.3 is 10.0 Å². The number of hydrogen-bond acceptors (Lipinski definition) is 2. The molecule has 20 heavy (non-hydrogen) atoms. The maximum atomic E-state index is 12.6. The molecule has 1 aliphatic heterocycles. The van der Waals surface area contributed by atoms with Crippen molar-refractivity contribution in [2.75, 3.05) is 13.1 Å². The highest BCUT2D eigenvalue weighted by Crippen LogP contribution is 2.36. The molecule has 0 spiro atoms. The minimum absolute atomic E-state index is 0.0264. The van der Waals surface area contributed by atoms with Crippen LogP contribution in [0.3, 0.4) is 0 Å². The predicted octanol–water partition coefficient (Wildman–Crippen LogP) is 3.72. The summed E-state index contributed by atoms with van der Waals surface area (Å²) in [5, 5.41) is 9.74. The van der Waals surface area contributed by atoms with E-state index >= 15 is 0 Å². The van der Waals surface area contributed by atoms with Crippen molar-refractivity contribution >= 4 is 29.1 Å². The van der Waals surface area contributed by atoms with Crippen LogP contribution >= 0.6 is 23.2 Å². The van der Waals surface area contributed by atoms with Gasteiger partial charge >= 0.3 is 6.18 Å². The maximum absolute atomic E-state index is 12.6. The van der Waals surface area contributed by atoms with Crippen LogP contribution in [-0.2, 0) is 0 Å². The van der Waals surface area contributed by atoms with Gasteiger partial charge in [0.2, 0.25) is 0 Å². The van der Waals surface area contributed by atoms with Gasteiger partial charge in [-0.15, -0.1) is 0 Å². The van der Waals surface area contributed by atoms with Gasteiger partial charge in [0, 0.05) is 18.1 Å². The van der Waals surface area contributed by atoms with Crippen molar-refractivity contribution in [3.8, 4) is 5.75 Å². The molecule has 0 aromatic heterocycles. The molecular formula is C12H10Cl2F3NO2. The number of amides is 1. The zero-order valence-electron chi connectivity index (χ0n) is 10.0. The first-order valence-electron chi connectivity index (χ1n) is 5.74. The monoisotopic (exact) mass is 327 g/mol. The molecular weight excluding hydrogens is 318 g/mol. The summed E-state index contributed by atoms with van der Waals surface area (Å²) >= 11 is 11.5. The van der Waals surface area contributed by atoms with Gasteiger partial charge in [-0.2, -0.15) is 13.2 Å². The number of rotatable bonds is 1. The third kappa shape index (κ3) is 2.96. The van der Waals surface area contributed by atoms with Crippen molar-refractivity contribution < 1.29 is 23.1 Å². The number of hydrogen-bond donors (Lipinski definition) is 1. The number of halogens is 5. The third-order valence-corrected chi connectivity index (χ3v) is 3.70. The Morgan fingerprint density at radius 1 is 1.35 bits per heavy atom. The number of aromatic hydroxyl groups is 1. The fraction of sp³-hybridized carbons (Fsp3) is 0.417. The van der Waals surface area contributed by atoms with Crippen LogP contribution in [0.25, 0.3) is 0 Å². The summed E-state index contributed by atoms with van der Waals surface area (Å²) in [6.07, 6.45) is -4.48. The lowest BCUT2D eigenvalue weighted by atomic mass is 10.1. The molecule has 1 amide bonds. The van der Waals surface area contributed by atoms with Gasteiger partial charge in [-0.3, -0.25) is 4.79 Å². The number of phenols is 1. The van der Waals surface area contributed by atoms with Crippen molar-refractivity contribution in [2.24, 2.45) is 5.92 Å². The maximum Gasteiger partial charge on any atom is 0.393 e. The second-order valence-electron chi connectivity index (χ2n) is 4.56. The van der Waals surface area contributed by atoms with Crippen molar-refractivity contribution in [1.82, 2.24) is 4.90 Å². The summed E-state index contributed by atoms with van der Waals surface area (Å²) in [6.45, 7) is -0.456. The van der Waals surface area contributed by atoms with Crippen LogP contribution in [0.5, 0.6) is 5.75 Å². The number of phenolic OH excluding ortho intramolecular Hbond substituents is 1. The average molecular weight is 328 g/mol. The number of alkyl halides is 3. The minimum Gasteiger partial charge on any atom is -0.507 e. The van der Waals surface area contributed by atoms with E-state index in [-0.39, 0.29) is 28.6 Å². The number of nitrogens with zero attached hydrogens (tertiary/aromatic N) is 1. The number of carbonyl (C=O) groups excluding carboxylic acids is 1. The molecule has 0 saturated carbocycles. The van der Waals surface area contributed by atoms with E-state index in [4.69, 9.17) is 23.2 Å². The van der Waals surface area contributed by atoms with Crippen molar-refractivity contribution in [2.45, 2.75) is 12.6 Å². The van der Waals surface area contributed by atoms with Crippen LogP contribution in [0, 0.1) is 5.92 Å². The van der Waals surface area contributed by atoms with Crippen LogP contribution in [0.2, 0.25) is 10.0 Å². The molecule has 1 N–H and O–H groups in total. The fourth-order valence-electron chi connectivity index (χ4n) is 2.14. The summed E-state index contributed by atoms with van der Waals surface area (Å²) in [4.78, 5) is 13.2. The van der Waals surface area contributed by atoms with Gasteiger partial charge in [0.05, 0.1) is 16.5 Å². The van der Waals surface area contributed by atoms with E-state index in [2.05, 4.69) is 0 Å².